The normalized spacial score (nSPS) is 13.9. The average Bonchev–Trinajstić information content (AvgIpc) is 2.38. The monoisotopic (exact) mass is 259 g/mol. The summed E-state index contributed by atoms with van der Waals surface area (Å²) in [5, 5.41) is 0. The minimum Gasteiger partial charge on any atom is -0.497 e. The maximum absolute atomic E-state index is 13.0. The van der Waals surface area contributed by atoms with Crippen LogP contribution in [0.15, 0.2) is 42.5 Å². The summed E-state index contributed by atoms with van der Waals surface area (Å²) in [4.78, 5) is 0. The van der Waals surface area contributed by atoms with Gasteiger partial charge in [0.2, 0.25) is 0 Å². The largest absolute Gasteiger partial charge is 0.497 e. The van der Waals surface area contributed by atoms with Gasteiger partial charge in [0.25, 0.3) is 0 Å². The van der Waals surface area contributed by atoms with Crippen LogP contribution in [0.25, 0.3) is 0 Å². The van der Waals surface area contributed by atoms with E-state index < -0.39 is 5.54 Å². The standard InChI is InChI=1S/C16H18FNO/c1-11-10-14(19-3)8-9-15(11)16(2,18)12-4-6-13(17)7-5-12/h4-10H,18H2,1-3H3. The lowest BCUT2D eigenvalue weighted by molar-refractivity contribution is 0.414. The van der Waals surface area contributed by atoms with Gasteiger partial charge < -0.3 is 10.5 Å². The summed E-state index contributed by atoms with van der Waals surface area (Å²) >= 11 is 0. The van der Waals surface area contributed by atoms with Crippen LogP contribution < -0.4 is 10.5 Å². The highest BCUT2D eigenvalue weighted by Crippen LogP contribution is 2.30. The van der Waals surface area contributed by atoms with Gasteiger partial charge in [0, 0.05) is 0 Å². The number of hydrogen-bond acceptors (Lipinski definition) is 2. The third-order valence-corrected chi connectivity index (χ3v) is 3.44. The summed E-state index contributed by atoms with van der Waals surface area (Å²) in [6, 6.07) is 12.1. The maximum atomic E-state index is 13.0. The molecule has 1 unspecified atom stereocenters. The van der Waals surface area contributed by atoms with E-state index in [4.69, 9.17) is 10.5 Å². The van der Waals surface area contributed by atoms with E-state index in [1.165, 1.54) is 12.1 Å². The fourth-order valence-electron chi connectivity index (χ4n) is 2.30. The van der Waals surface area contributed by atoms with Crippen molar-refractivity contribution in [1.29, 1.82) is 0 Å². The summed E-state index contributed by atoms with van der Waals surface area (Å²) < 4.78 is 18.2. The van der Waals surface area contributed by atoms with E-state index in [1.54, 1.807) is 19.2 Å². The Morgan fingerprint density at radius 3 is 2.26 bits per heavy atom. The van der Waals surface area contributed by atoms with Gasteiger partial charge in [-0.05, 0) is 54.8 Å². The highest BCUT2D eigenvalue weighted by atomic mass is 19.1. The Labute approximate surface area is 113 Å². The van der Waals surface area contributed by atoms with Gasteiger partial charge in [0.1, 0.15) is 11.6 Å². The van der Waals surface area contributed by atoms with Crippen molar-refractivity contribution in [3.8, 4) is 5.75 Å². The zero-order valence-electron chi connectivity index (χ0n) is 11.4. The van der Waals surface area contributed by atoms with E-state index in [2.05, 4.69) is 0 Å². The zero-order chi connectivity index (χ0) is 14.0. The Hall–Kier alpha value is -1.87. The van der Waals surface area contributed by atoms with Crippen LogP contribution in [0.4, 0.5) is 4.39 Å². The van der Waals surface area contributed by atoms with Crippen LogP contribution in [0.5, 0.6) is 5.75 Å². The maximum Gasteiger partial charge on any atom is 0.123 e. The first kappa shape index (κ1) is 13.6. The van der Waals surface area contributed by atoms with E-state index in [0.717, 1.165) is 22.4 Å². The first-order chi connectivity index (χ1) is 8.95. The Bertz CT molecular complexity index is 576. The quantitative estimate of drug-likeness (QED) is 0.917. The summed E-state index contributed by atoms with van der Waals surface area (Å²) in [7, 11) is 1.63. The van der Waals surface area contributed by atoms with Gasteiger partial charge in [-0.25, -0.2) is 4.39 Å². The van der Waals surface area contributed by atoms with Gasteiger partial charge in [-0.15, -0.1) is 0 Å². The van der Waals surface area contributed by atoms with E-state index in [0.29, 0.717) is 0 Å². The van der Waals surface area contributed by atoms with E-state index >= 15 is 0 Å². The highest BCUT2D eigenvalue weighted by molar-refractivity contribution is 5.44. The van der Waals surface area contributed by atoms with Crippen LogP contribution in [0.3, 0.4) is 0 Å². The number of ether oxygens (including phenoxy) is 1. The second-order valence-electron chi connectivity index (χ2n) is 4.89. The lowest BCUT2D eigenvalue weighted by Gasteiger charge is -2.28. The molecule has 0 spiro atoms. The molecule has 0 bridgehead atoms. The molecule has 2 aromatic rings. The predicted molar refractivity (Wildman–Crippen MR) is 74.8 cm³/mol. The fourth-order valence-corrected chi connectivity index (χ4v) is 2.30. The summed E-state index contributed by atoms with van der Waals surface area (Å²) in [6.45, 7) is 3.92. The molecule has 2 rings (SSSR count). The SMILES string of the molecule is COc1ccc(C(C)(N)c2ccc(F)cc2)c(C)c1. The van der Waals surface area contributed by atoms with Crippen molar-refractivity contribution in [1.82, 2.24) is 0 Å². The molecule has 0 saturated carbocycles. The van der Waals surface area contributed by atoms with Gasteiger partial charge in [-0.3, -0.25) is 0 Å². The van der Waals surface area contributed by atoms with Crippen LogP contribution in [0.1, 0.15) is 23.6 Å². The number of halogens is 1. The Morgan fingerprint density at radius 1 is 1.11 bits per heavy atom. The van der Waals surface area contributed by atoms with Crippen LogP contribution >= 0.6 is 0 Å². The van der Waals surface area contributed by atoms with Gasteiger partial charge in [-0.1, -0.05) is 18.2 Å². The Kier molecular flexibility index (Phi) is 3.58. The third-order valence-electron chi connectivity index (χ3n) is 3.44. The summed E-state index contributed by atoms with van der Waals surface area (Å²) in [6.07, 6.45) is 0. The molecule has 0 aliphatic carbocycles. The molecule has 0 saturated heterocycles. The van der Waals surface area contributed by atoms with E-state index in [1.807, 2.05) is 32.0 Å². The van der Waals surface area contributed by atoms with Crippen LogP contribution in [-0.4, -0.2) is 7.11 Å². The smallest absolute Gasteiger partial charge is 0.123 e. The second-order valence-corrected chi connectivity index (χ2v) is 4.89. The lowest BCUT2D eigenvalue weighted by atomic mass is 9.83. The molecule has 19 heavy (non-hydrogen) atoms. The van der Waals surface area contributed by atoms with E-state index in [9.17, 15) is 4.39 Å². The predicted octanol–water partition coefficient (Wildman–Crippen LogP) is 3.36. The number of nitrogens with two attached hydrogens (primary N) is 1. The van der Waals surface area contributed by atoms with Gasteiger partial charge >= 0.3 is 0 Å². The molecule has 2 nitrogen and oxygen atoms in total. The van der Waals surface area contributed by atoms with Crippen molar-refractivity contribution >= 4 is 0 Å². The molecule has 0 aliphatic rings. The highest BCUT2D eigenvalue weighted by Gasteiger charge is 2.25. The van der Waals surface area contributed by atoms with Crippen molar-refractivity contribution in [3.05, 3.63) is 65.0 Å². The van der Waals surface area contributed by atoms with Crippen molar-refractivity contribution in [2.24, 2.45) is 5.73 Å². The molecule has 0 aromatic heterocycles. The third kappa shape index (κ3) is 2.61. The number of rotatable bonds is 3. The molecule has 100 valence electrons. The minimum absolute atomic E-state index is 0.258. The van der Waals surface area contributed by atoms with Crippen molar-refractivity contribution < 1.29 is 9.13 Å². The second kappa shape index (κ2) is 5.02. The topological polar surface area (TPSA) is 35.2 Å². The lowest BCUT2D eigenvalue weighted by Crippen LogP contribution is -2.35. The van der Waals surface area contributed by atoms with E-state index in [-0.39, 0.29) is 5.82 Å². The molecule has 0 aliphatic heterocycles. The average molecular weight is 259 g/mol. The number of benzene rings is 2. The van der Waals surface area contributed by atoms with Crippen LogP contribution in [0.2, 0.25) is 0 Å². The van der Waals surface area contributed by atoms with Gasteiger partial charge in [0.05, 0.1) is 12.6 Å². The number of methoxy groups -OCH3 is 1. The number of hydrogen-bond donors (Lipinski definition) is 1. The Balaban J connectivity index is 2.46. The molecule has 0 heterocycles. The minimum atomic E-state index is -0.663. The Morgan fingerprint density at radius 2 is 1.74 bits per heavy atom. The summed E-state index contributed by atoms with van der Waals surface area (Å²) in [5.74, 6) is 0.544. The molecule has 0 fully saturated rings. The molecule has 0 radical (unpaired) electrons. The first-order valence-corrected chi connectivity index (χ1v) is 6.15. The molecular formula is C16H18FNO. The van der Waals surface area contributed by atoms with Crippen LogP contribution in [0, 0.1) is 12.7 Å². The molecule has 0 amide bonds. The molecule has 2 aromatic carbocycles. The molecule has 1 atom stereocenters. The number of aryl methyl sites for hydroxylation is 1. The molecule has 2 N–H and O–H groups in total. The zero-order valence-corrected chi connectivity index (χ0v) is 11.4. The molecule has 3 heteroatoms. The first-order valence-electron chi connectivity index (χ1n) is 6.15. The fraction of sp³-hybridized carbons (Fsp3) is 0.250. The van der Waals surface area contributed by atoms with Crippen molar-refractivity contribution in [2.75, 3.05) is 7.11 Å². The van der Waals surface area contributed by atoms with Gasteiger partial charge in [-0.2, -0.15) is 0 Å². The summed E-state index contributed by atoms with van der Waals surface area (Å²) in [5.41, 5.74) is 8.70. The van der Waals surface area contributed by atoms with Gasteiger partial charge in [0.15, 0.2) is 0 Å². The van der Waals surface area contributed by atoms with Crippen LogP contribution in [-0.2, 0) is 5.54 Å². The molecular weight excluding hydrogens is 241 g/mol. The van der Waals surface area contributed by atoms with Crippen molar-refractivity contribution in [3.63, 3.8) is 0 Å². The van der Waals surface area contributed by atoms with Crippen molar-refractivity contribution in [2.45, 2.75) is 19.4 Å².